The lowest BCUT2D eigenvalue weighted by molar-refractivity contribution is -0.139. The first-order chi connectivity index (χ1) is 10.8. The molecule has 128 valence electrons. The van der Waals surface area contributed by atoms with Gasteiger partial charge in [0, 0.05) is 24.8 Å². The number of ether oxygens (including phenoxy) is 1. The van der Waals surface area contributed by atoms with Crippen molar-refractivity contribution in [3.8, 4) is 5.75 Å². The lowest BCUT2D eigenvalue weighted by atomic mass is 10.3. The zero-order valence-corrected chi connectivity index (χ0v) is 13.8. The largest absolute Gasteiger partial charge is 0.482 e. The Labute approximate surface area is 135 Å². The lowest BCUT2D eigenvalue weighted by Crippen LogP contribution is -2.36. The minimum absolute atomic E-state index is 0.261. The SMILES string of the molecule is CCN(CC)S(=O)(=O)CC(=O)Nc1cccc(OCC(=O)O)c1. The Balaban J connectivity index is 2.70. The minimum atomic E-state index is -3.66. The molecule has 1 aromatic rings. The number of aliphatic carboxylic acids is 1. The zero-order valence-electron chi connectivity index (χ0n) is 13.0. The van der Waals surface area contributed by atoms with Gasteiger partial charge in [0.2, 0.25) is 15.9 Å². The molecule has 0 aliphatic rings. The monoisotopic (exact) mass is 344 g/mol. The second-order valence-electron chi connectivity index (χ2n) is 4.60. The summed E-state index contributed by atoms with van der Waals surface area (Å²) in [5.41, 5.74) is 0.327. The number of hydrogen-bond acceptors (Lipinski definition) is 5. The fourth-order valence-corrected chi connectivity index (χ4v) is 3.25. The van der Waals surface area contributed by atoms with Crippen molar-refractivity contribution in [1.29, 1.82) is 0 Å². The first-order valence-corrected chi connectivity index (χ1v) is 8.61. The number of amides is 1. The lowest BCUT2D eigenvalue weighted by Gasteiger charge is -2.18. The number of carbonyl (C=O) groups excluding carboxylic acids is 1. The maximum absolute atomic E-state index is 12.0. The van der Waals surface area contributed by atoms with E-state index in [9.17, 15) is 18.0 Å². The molecule has 0 heterocycles. The molecule has 0 saturated carbocycles. The maximum Gasteiger partial charge on any atom is 0.341 e. The first-order valence-electron chi connectivity index (χ1n) is 7.00. The molecule has 1 rings (SSSR count). The summed E-state index contributed by atoms with van der Waals surface area (Å²) in [5, 5.41) is 11.0. The fraction of sp³-hybridized carbons (Fsp3) is 0.429. The van der Waals surface area contributed by atoms with Crippen LogP contribution in [0, 0.1) is 0 Å². The summed E-state index contributed by atoms with van der Waals surface area (Å²) in [6.07, 6.45) is 0. The van der Waals surface area contributed by atoms with Crippen LogP contribution in [0.1, 0.15) is 13.8 Å². The van der Waals surface area contributed by atoms with E-state index in [1.807, 2.05) is 0 Å². The molecule has 0 aliphatic heterocycles. The Morgan fingerprint density at radius 1 is 1.26 bits per heavy atom. The van der Waals surface area contributed by atoms with Crippen LogP contribution in [-0.4, -0.2) is 55.2 Å². The number of nitrogens with one attached hydrogen (secondary N) is 1. The smallest absolute Gasteiger partial charge is 0.341 e. The quantitative estimate of drug-likeness (QED) is 0.684. The number of nitrogens with zero attached hydrogens (tertiary/aromatic N) is 1. The third kappa shape index (κ3) is 6.25. The normalized spacial score (nSPS) is 11.3. The van der Waals surface area contributed by atoms with Crippen LogP contribution in [-0.2, 0) is 19.6 Å². The van der Waals surface area contributed by atoms with E-state index in [0.717, 1.165) is 0 Å². The van der Waals surface area contributed by atoms with Gasteiger partial charge in [-0.2, -0.15) is 0 Å². The van der Waals surface area contributed by atoms with Gasteiger partial charge in [-0.05, 0) is 12.1 Å². The summed E-state index contributed by atoms with van der Waals surface area (Å²) >= 11 is 0. The summed E-state index contributed by atoms with van der Waals surface area (Å²) in [5.74, 6) is -2.19. The predicted octanol–water partition coefficient (Wildman–Crippen LogP) is 0.760. The number of rotatable bonds is 9. The van der Waals surface area contributed by atoms with Gasteiger partial charge in [-0.3, -0.25) is 4.79 Å². The van der Waals surface area contributed by atoms with Crippen LogP contribution < -0.4 is 10.1 Å². The van der Waals surface area contributed by atoms with Gasteiger partial charge in [-0.15, -0.1) is 0 Å². The van der Waals surface area contributed by atoms with E-state index in [-0.39, 0.29) is 5.75 Å². The molecular formula is C14H20N2O6S. The second-order valence-corrected chi connectivity index (χ2v) is 6.57. The number of carboxylic acids is 1. The van der Waals surface area contributed by atoms with Crippen LogP contribution in [0.15, 0.2) is 24.3 Å². The Bertz CT molecular complexity index is 655. The molecule has 0 saturated heterocycles. The van der Waals surface area contributed by atoms with E-state index in [4.69, 9.17) is 9.84 Å². The molecule has 0 unspecified atom stereocenters. The average Bonchev–Trinajstić information content (AvgIpc) is 2.45. The van der Waals surface area contributed by atoms with E-state index in [0.29, 0.717) is 18.8 Å². The van der Waals surface area contributed by atoms with Gasteiger partial charge in [0.25, 0.3) is 0 Å². The molecule has 8 nitrogen and oxygen atoms in total. The van der Waals surface area contributed by atoms with Crippen LogP contribution in [0.4, 0.5) is 5.69 Å². The molecule has 0 atom stereocenters. The standard InChI is InChI=1S/C14H20N2O6S/c1-3-16(4-2)23(20,21)10-13(17)15-11-6-5-7-12(8-11)22-9-14(18)19/h5-8H,3-4,9-10H2,1-2H3,(H,15,17)(H,18,19). The topological polar surface area (TPSA) is 113 Å². The highest BCUT2D eigenvalue weighted by Gasteiger charge is 2.22. The molecule has 23 heavy (non-hydrogen) atoms. The Morgan fingerprint density at radius 3 is 2.48 bits per heavy atom. The van der Waals surface area contributed by atoms with Crippen LogP contribution in [0.5, 0.6) is 5.75 Å². The Kier molecular flexibility index (Phi) is 6.98. The van der Waals surface area contributed by atoms with Gasteiger partial charge < -0.3 is 15.2 Å². The first kappa shape index (κ1) is 18.9. The molecule has 0 aromatic heterocycles. The number of anilines is 1. The molecule has 0 fully saturated rings. The number of carboxylic acid groups (broad SMARTS) is 1. The zero-order chi connectivity index (χ0) is 17.5. The third-order valence-electron chi connectivity index (χ3n) is 2.89. The van der Waals surface area contributed by atoms with Gasteiger partial charge >= 0.3 is 5.97 Å². The van der Waals surface area contributed by atoms with Crippen LogP contribution in [0.2, 0.25) is 0 Å². The van der Waals surface area contributed by atoms with Gasteiger partial charge in [-0.1, -0.05) is 19.9 Å². The summed E-state index contributed by atoms with van der Waals surface area (Å²) in [6.45, 7) is 3.48. The summed E-state index contributed by atoms with van der Waals surface area (Å²) in [6, 6.07) is 6.07. The number of benzene rings is 1. The van der Waals surface area contributed by atoms with Crippen LogP contribution >= 0.6 is 0 Å². The third-order valence-corrected chi connectivity index (χ3v) is 4.82. The Hall–Kier alpha value is -2.13. The van der Waals surface area contributed by atoms with E-state index in [2.05, 4.69) is 5.32 Å². The van der Waals surface area contributed by atoms with Crippen molar-refractivity contribution in [2.45, 2.75) is 13.8 Å². The van der Waals surface area contributed by atoms with Gasteiger partial charge in [-0.25, -0.2) is 17.5 Å². The van der Waals surface area contributed by atoms with Crippen molar-refractivity contribution < 1.29 is 27.9 Å². The molecule has 0 aliphatic carbocycles. The van der Waals surface area contributed by atoms with Gasteiger partial charge in [0.1, 0.15) is 11.5 Å². The Morgan fingerprint density at radius 2 is 1.91 bits per heavy atom. The molecule has 2 N–H and O–H groups in total. The summed E-state index contributed by atoms with van der Waals surface area (Å²) in [7, 11) is -3.66. The van der Waals surface area contributed by atoms with Gasteiger partial charge in [0.05, 0.1) is 0 Å². The van der Waals surface area contributed by atoms with E-state index in [1.165, 1.54) is 16.4 Å². The van der Waals surface area contributed by atoms with Crippen molar-refractivity contribution in [3.05, 3.63) is 24.3 Å². The second kappa shape index (κ2) is 8.49. The summed E-state index contributed by atoms with van der Waals surface area (Å²) < 4.78 is 30.2. The van der Waals surface area contributed by atoms with E-state index in [1.54, 1.807) is 26.0 Å². The molecule has 0 spiro atoms. The van der Waals surface area contributed by atoms with Crippen molar-refractivity contribution in [1.82, 2.24) is 4.31 Å². The van der Waals surface area contributed by atoms with Gasteiger partial charge in [0.15, 0.2) is 6.61 Å². The van der Waals surface area contributed by atoms with Crippen LogP contribution in [0.3, 0.4) is 0 Å². The predicted molar refractivity (Wildman–Crippen MR) is 84.9 cm³/mol. The molecule has 1 aromatic carbocycles. The molecule has 0 radical (unpaired) electrons. The van der Waals surface area contributed by atoms with Crippen molar-refractivity contribution in [3.63, 3.8) is 0 Å². The molecule has 0 bridgehead atoms. The molecule has 9 heteroatoms. The fourth-order valence-electron chi connectivity index (χ4n) is 1.88. The van der Waals surface area contributed by atoms with Crippen molar-refractivity contribution in [2.24, 2.45) is 0 Å². The molecular weight excluding hydrogens is 324 g/mol. The average molecular weight is 344 g/mol. The summed E-state index contributed by atoms with van der Waals surface area (Å²) in [4.78, 5) is 22.3. The number of carbonyl (C=O) groups is 2. The number of hydrogen-bond donors (Lipinski definition) is 2. The van der Waals surface area contributed by atoms with E-state index >= 15 is 0 Å². The highest BCUT2D eigenvalue weighted by atomic mass is 32.2. The van der Waals surface area contributed by atoms with Crippen molar-refractivity contribution >= 4 is 27.6 Å². The highest BCUT2D eigenvalue weighted by Crippen LogP contribution is 2.17. The maximum atomic E-state index is 12.0. The highest BCUT2D eigenvalue weighted by molar-refractivity contribution is 7.89. The van der Waals surface area contributed by atoms with Crippen LogP contribution in [0.25, 0.3) is 0 Å². The van der Waals surface area contributed by atoms with E-state index < -0.39 is 34.3 Å². The molecule has 1 amide bonds. The number of sulfonamides is 1. The van der Waals surface area contributed by atoms with Crippen molar-refractivity contribution in [2.75, 3.05) is 30.8 Å². The minimum Gasteiger partial charge on any atom is -0.482 e.